The van der Waals surface area contributed by atoms with Gasteiger partial charge in [-0.2, -0.15) is 4.57 Å². The van der Waals surface area contributed by atoms with Crippen molar-refractivity contribution in [3.63, 3.8) is 0 Å². The molecule has 0 aliphatic carbocycles. The quantitative estimate of drug-likeness (QED) is 0.452. The van der Waals surface area contributed by atoms with Gasteiger partial charge in [0.25, 0.3) is 0 Å². The molecule has 0 radical (unpaired) electrons. The molecule has 1 rings (SSSR count). The van der Waals surface area contributed by atoms with Crippen molar-refractivity contribution in [2.45, 2.75) is 13.8 Å². The maximum atomic E-state index is 10.7. The normalized spacial score (nSPS) is 10.1. The van der Waals surface area contributed by atoms with Gasteiger partial charge in [0.15, 0.2) is 0 Å². The summed E-state index contributed by atoms with van der Waals surface area (Å²) in [5, 5.41) is 10.7. The summed E-state index contributed by atoms with van der Waals surface area (Å²) in [6.07, 6.45) is 0. The van der Waals surface area contributed by atoms with Crippen LogP contribution in [-0.2, 0) is 7.05 Å². The van der Waals surface area contributed by atoms with Gasteiger partial charge in [-0.15, -0.1) is 0 Å². The van der Waals surface area contributed by atoms with Crippen LogP contribution >= 0.6 is 0 Å². The monoisotopic (exact) mass is 127 g/mol. The minimum Gasteiger partial charge on any atom is -0.540 e. The molecule has 0 aliphatic heterocycles. The minimum atomic E-state index is -0.241. The van der Waals surface area contributed by atoms with Crippen molar-refractivity contribution in [2.75, 3.05) is 0 Å². The highest BCUT2D eigenvalue weighted by Gasteiger charge is 2.06. The van der Waals surface area contributed by atoms with Crippen molar-refractivity contribution < 1.29 is 14.1 Å². The number of nitrogens with zero attached hydrogens (tertiary/aromatic N) is 1. The Labute approximate surface area is 53.5 Å². The summed E-state index contributed by atoms with van der Waals surface area (Å²) < 4.78 is 6.48. The van der Waals surface area contributed by atoms with Crippen LogP contribution in [0.5, 0.6) is 5.95 Å². The van der Waals surface area contributed by atoms with Crippen LogP contribution in [0.15, 0.2) is 4.42 Å². The van der Waals surface area contributed by atoms with Crippen LogP contribution in [0.4, 0.5) is 0 Å². The molecule has 0 saturated heterocycles. The van der Waals surface area contributed by atoms with E-state index in [2.05, 4.69) is 0 Å². The highest BCUT2D eigenvalue weighted by Crippen LogP contribution is 2.08. The van der Waals surface area contributed by atoms with Gasteiger partial charge in [0.05, 0.1) is 0 Å². The number of hydrogen-bond donors (Lipinski definition) is 0. The fourth-order valence-electron chi connectivity index (χ4n) is 0.650. The van der Waals surface area contributed by atoms with Crippen LogP contribution in [-0.4, -0.2) is 0 Å². The minimum absolute atomic E-state index is 0.241. The van der Waals surface area contributed by atoms with Crippen LogP contribution < -0.4 is 9.67 Å². The molecule has 0 aliphatic rings. The van der Waals surface area contributed by atoms with Gasteiger partial charge in [0.2, 0.25) is 11.6 Å². The second kappa shape index (κ2) is 1.76. The Hall–Kier alpha value is -0.990. The van der Waals surface area contributed by atoms with Crippen molar-refractivity contribution in [1.29, 1.82) is 0 Å². The van der Waals surface area contributed by atoms with Crippen LogP contribution in [0.2, 0.25) is 0 Å². The second-order valence-corrected chi connectivity index (χ2v) is 2.05. The van der Waals surface area contributed by atoms with E-state index in [1.807, 2.05) is 0 Å². The van der Waals surface area contributed by atoms with Crippen LogP contribution in [0.25, 0.3) is 0 Å². The number of rotatable bonds is 0. The summed E-state index contributed by atoms with van der Waals surface area (Å²) in [6, 6.07) is 0. The third-order valence-corrected chi connectivity index (χ3v) is 1.51. The molecule has 1 heterocycles. The molecule has 1 aromatic rings. The first-order chi connectivity index (χ1) is 4.13. The molecule has 1 aromatic heterocycles. The average molecular weight is 127 g/mol. The van der Waals surface area contributed by atoms with E-state index in [9.17, 15) is 5.11 Å². The predicted molar refractivity (Wildman–Crippen MR) is 28.8 cm³/mol. The van der Waals surface area contributed by atoms with E-state index in [1.165, 1.54) is 0 Å². The maximum Gasteiger partial charge on any atom is 0.233 e. The number of oxazole rings is 1. The SMILES string of the molecule is Cc1oc([O-])c(C)[n+]1C. The highest BCUT2D eigenvalue weighted by atomic mass is 16.5. The Morgan fingerprint density at radius 2 is 2.00 bits per heavy atom. The van der Waals surface area contributed by atoms with E-state index in [1.54, 1.807) is 25.5 Å². The largest absolute Gasteiger partial charge is 0.540 e. The zero-order chi connectivity index (χ0) is 7.02. The summed E-state index contributed by atoms with van der Waals surface area (Å²) in [7, 11) is 1.80. The lowest BCUT2D eigenvalue weighted by Crippen LogP contribution is -2.31. The lowest BCUT2D eigenvalue weighted by Gasteiger charge is -1.85. The van der Waals surface area contributed by atoms with Crippen LogP contribution in [0.1, 0.15) is 11.6 Å². The predicted octanol–water partition coefficient (Wildman–Crippen LogP) is -0.205. The van der Waals surface area contributed by atoms with Gasteiger partial charge < -0.3 is 9.52 Å². The van der Waals surface area contributed by atoms with E-state index in [-0.39, 0.29) is 5.95 Å². The molecule has 0 aromatic carbocycles. The summed E-state index contributed by atoms with van der Waals surface area (Å²) in [6.45, 7) is 3.49. The summed E-state index contributed by atoms with van der Waals surface area (Å²) in [5.41, 5.74) is 0.646. The number of aryl methyl sites for hydroxylation is 1. The molecular formula is C6H9NO2. The Kier molecular flexibility index (Phi) is 1.20. The van der Waals surface area contributed by atoms with E-state index >= 15 is 0 Å². The number of hydrogen-bond acceptors (Lipinski definition) is 2. The third-order valence-electron chi connectivity index (χ3n) is 1.51. The molecular weight excluding hydrogens is 118 g/mol. The van der Waals surface area contributed by atoms with Gasteiger partial charge in [-0.25, -0.2) is 0 Å². The zero-order valence-corrected chi connectivity index (χ0v) is 5.76. The first-order valence-corrected chi connectivity index (χ1v) is 2.76. The molecule has 0 fully saturated rings. The van der Waals surface area contributed by atoms with Gasteiger partial charge in [-0.05, 0) is 0 Å². The standard InChI is InChI=1S/C6H9NO2/c1-4-6(8)9-5(2)7(4)3/h1-3H3. The molecule has 3 nitrogen and oxygen atoms in total. The fraction of sp³-hybridized carbons (Fsp3) is 0.500. The third kappa shape index (κ3) is 0.781. The lowest BCUT2D eigenvalue weighted by molar-refractivity contribution is -0.687. The molecule has 0 N–H and O–H groups in total. The van der Waals surface area contributed by atoms with Gasteiger partial charge in [0.1, 0.15) is 13.0 Å². The Bertz CT molecular complexity index is 205. The second-order valence-electron chi connectivity index (χ2n) is 2.05. The molecule has 0 atom stereocenters. The van der Waals surface area contributed by atoms with Crippen molar-refractivity contribution >= 4 is 0 Å². The summed E-state index contributed by atoms with van der Waals surface area (Å²) in [5.74, 6) is 0.410. The van der Waals surface area contributed by atoms with Crippen LogP contribution in [0, 0.1) is 13.8 Å². The molecule has 0 unspecified atom stereocenters. The maximum absolute atomic E-state index is 10.7. The lowest BCUT2D eigenvalue weighted by atomic mass is 10.5. The summed E-state index contributed by atoms with van der Waals surface area (Å²) in [4.78, 5) is 0. The topological polar surface area (TPSA) is 40.1 Å². The Balaban J connectivity index is 3.29. The first-order valence-electron chi connectivity index (χ1n) is 2.76. The molecule has 50 valence electrons. The molecule has 9 heavy (non-hydrogen) atoms. The van der Waals surface area contributed by atoms with Gasteiger partial charge in [-0.3, -0.25) is 0 Å². The van der Waals surface area contributed by atoms with Crippen molar-refractivity contribution in [1.82, 2.24) is 0 Å². The van der Waals surface area contributed by atoms with Crippen LogP contribution in [0.3, 0.4) is 0 Å². The molecule has 0 spiro atoms. The highest BCUT2D eigenvalue weighted by molar-refractivity contribution is 5.02. The molecule has 0 bridgehead atoms. The fourth-order valence-corrected chi connectivity index (χ4v) is 0.650. The van der Waals surface area contributed by atoms with Gasteiger partial charge in [0, 0.05) is 13.8 Å². The smallest absolute Gasteiger partial charge is 0.233 e. The zero-order valence-electron chi connectivity index (χ0n) is 5.76. The molecule has 0 saturated carbocycles. The summed E-state index contributed by atoms with van der Waals surface area (Å²) >= 11 is 0. The van der Waals surface area contributed by atoms with E-state index < -0.39 is 0 Å². The Morgan fingerprint density at radius 1 is 1.44 bits per heavy atom. The Morgan fingerprint density at radius 3 is 2.11 bits per heavy atom. The van der Waals surface area contributed by atoms with Gasteiger partial charge in [-0.1, -0.05) is 0 Å². The van der Waals surface area contributed by atoms with E-state index in [4.69, 9.17) is 4.42 Å². The number of aromatic nitrogens is 1. The van der Waals surface area contributed by atoms with Crippen molar-refractivity contribution in [2.24, 2.45) is 7.05 Å². The average Bonchev–Trinajstić information content (AvgIpc) is 1.98. The molecule has 3 heteroatoms. The van der Waals surface area contributed by atoms with Gasteiger partial charge >= 0.3 is 0 Å². The molecule has 0 amide bonds. The van der Waals surface area contributed by atoms with Crippen molar-refractivity contribution in [3.05, 3.63) is 11.6 Å². The first kappa shape index (κ1) is 6.13. The van der Waals surface area contributed by atoms with E-state index in [0.717, 1.165) is 0 Å². The van der Waals surface area contributed by atoms with E-state index in [0.29, 0.717) is 11.6 Å². The van der Waals surface area contributed by atoms with Crippen molar-refractivity contribution in [3.8, 4) is 5.95 Å².